The smallest absolute Gasteiger partial charge is 0.216 e. The molecule has 0 amide bonds. The molecule has 0 saturated heterocycles. The molecular weight excluding hydrogens is 604 g/mol. The van der Waals surface area contributed by atoms with Crippen LogP contribution < -0.4 is 30.8 Å². The molecule has 0 aliphatic carbocycles. The number of aromatic nitrogens is 1. The Labute approximate surface area is 214 Å². The summed E-state index contributed by atoms with van der Waals surface area (Å²) >= 11 is 0. The molecule has 4 aromatic rings. The summed E-state index contributed by atoms with van der Waals surface area (Å²) in [4.78, 5) is 8.33. The molecule has 170 valence electrons. The topological polar surface area (TPSA) is 37.8 Å². The number of anilines is 1. The van der Waals surface area contributed by atoms with Gasteiger partial charge in [-0.25, -0.2) is 4.98 Å². The van der Waals surface area contributed by atoms with Gasteiger partial charge in [0.25, 0.3) is 0 Å². The average molecular weight is 623 g/mol. The zero-order valence-corrected chi connectivity index (χ0v) is 20.6. The fourth-order valence-corrected chi connectivity index (χ4v) is 4.16. The van der Waals surface area contributed by atoms with Crippen LogP contribution in [0.2, 0.25) is 0 Å². The second-order valence-electron chi connectivity index (χ2n) is 7.92. The Morgan fingerprint density at radius 1 is 0.912 bits per heavy atom. The van der Waals surface area contributed by atoms with Gasteiger partial charge in [-0.2, -0.15) is 36.4 Å². The third-order valence-electron chi connectivity index (χ3n) is 5.66. The molecule has 7 heteroatoms. The van der Waals surface area contributed by atoms with Gasteiger partial charge in [0.2, 0.25) is 5.88 Å². The molecule has 0 saturated carbocycles. The number of hydrogen-bond donors (Lipinski definition) is 0. The predicted molar refractivity (Wildman–Crippen MR) is 130 cm³/mol. The van der Waals surface area contributed by atoms with Gasteiger partial charge in [-0.05, 0) is 37.0 Å². The number of hydrogen-bond acceptors (Lipinski definition) is 5. The zero-order chi connectivity index (χ0) is 22.2. The molecule has 3 heterocycles. The first kappa shape index (κ1) is 22.3. The van der Waals surface area contributed by atoms with Gasteiger partial charge < -0.3 is 19.3 Å². The van der Waals surface area contributed by atoms with E-state index in [4.69, 9.17) is 9.47 Å². The molecule has 0 bridgehead atoms. The van der Waals surface area contributed by atoms with Crippen molar-refractivity contribution >= 4 is 28.8 Å². The fraction of sp³-hybridized carbons (Fsp3) is 0.0370. The summed E-state index contributed by atoms with van der Waals surface area (Å²) in [5, 5.41) is 0. The van der Waals surface area contributed by atoms with Gasteiger partial charge in [-0.1, -0.05) is 24.3 Å². The zero-order valence-electron chi connectivity index (χ0n) is 18.3. The Morgan fingerprint density at radius 3 is 2.62 bits per heavy atom. The van der Waals surface area contributed by atoms with E-state index in [1.165, 1.54) is 0 Å². The molecule has 6 rings (SSSR count). The van der Waals surface area contributed by atoms with Crippen molar-refractivity contribution in [3.05, 3.63) is 110 Å². The number of nitrogens with zero attached hydrogens (tertiary/aromatic N) is 3. The SMILES string of the molecule is CN1C=CN(c2[c-]c(B3c4[c-]c(Oc5ccccn5)ccc4Oc4ccccc43)ccc2)[CH-]1.[Pt]. The maximum absolute atomic E-state index is 6.23. The van der Waals surface area contributed by atoms with Gasteiger partial charge in [0, 0.05) is 44.8 Å². The van der Waals surface area contributed by atoms with Gasteiger partial charge in [-0.3, -0.25) is 0 Å². The summed E-state index contributed by atoms with van der Waals surface area (Å²) in [6, 6.07) is 30.8. The number of rotatable bonds is 4. The molecule has 0 N–H and O–H groups in total. The Morgan fingerprint density at radius 2 is 1.79 bits per heavy atom. The minimum atomic E-state index is -0.0958. The van der Waals surface area contributed by atoms with Gasteiger partial charge in [-0.15, -0.1) is 29.3 Å². The first-order valence-corrected chi connectivity index (χ1v) is 10.7. The van der Waals surface area contributed by atoms with Gasteiger partial charge in [0.05, 0.1) is 0 Å². The predicted octanol–water partition coefficient (Wildman–Crippen LogP) is 3.44. The van der Waals surface area contributed by atoms with E-state index in [2.05, 4.69) is 46.3 Å². The van der Waals surface area contributed by atoms with Crippen molar-refractivity contribution in [2.45, 2.75) is 0 Å². The molecule has 5 nitrogen and oxygen atoms in total. The normalized spacial score (nSPS) is 13.6. The van der Waals surface area contributed by atoms with Crippen LogP contribution >= 0.6 is 0 Å². The Balaban J connectivity index is 0.00000241. The molecule has 34 heavy (non-hydrogen) atoms. The van der Waals surface area contributed by atoms with Crippen LogP contribution in [0.15, 0.2) is 91.4 Å². The number of benzene rings is 3. The third-order valence-corrected chi connectivity index (χ3v) is 5.66. The summed E-state index contributed by atoms with van der Waals surface area (Å²) in [6.07, 6.45) is 5.73. The minimum absolute atomic E-state index is 0. The van der Waals surface area contributed by atoms with Crippen LogP contribution in [0.5, 0.6) is 23.1 Å². The van der Waals surface area contributed by atoms with Crippen LogP contribution in [0, 0.1) is 18.8 Å². The summed E-state index contributed by atoms with van der Waals surface area (Å²) in [7, 11) is 2.00. The number of para-hydroxylation sites is 1. The average Bonchev–Trinajstić information content (AvgIpc) is 3.30. The standard InChI is InChI=1S/C27H19BN3O2.Pt/c1-30-15-16-31(19-30)21-8-6-7-20(17-21)28-23-9-2-3-10-25(23)33-26-13-12-22(18-24(26)28)32-27-11-4-5-14-29-27;/h2-16,19H,1H3;/q-3;. The molecule has 0 spiro atoms. The summed E-state index contributed by atoms with van der Waals surface area (Å²) in [6.45, 7) is 1.92. The Hall–Kier alpha value is -3.50. The van der Waals surface area contributed by atoms with Crippen molar-refractivity contribution in [3.8, 4) is 23.1 Å². The van der Waals surface area contributed by atoms with Gasteiger partial charge in [0.15, 0.2) is 6.71 Å². The quantitative estimate of drug-likeness (QED) is 0.227. The summed E-state index contributed by atoms with van der Waals surface area (Å²) in [5.41, 5.74) is 3.99. The molecule has 0 unspecified atom stereocenters. The molecule has 0 radical (unpaired) electrons. The van der Waals surface area contributed by atoms with Crippen LogP contribution in [-0.4, -0.2) is 23.6 Å². The number of fused-ring (bicyclic) bond motifs is 2. The van der Waals surface area contributed by atoms with E-state index in [0.717, 1.165) is 33.6 Å². The van der Waals surface area contributed by atoms with Crippen LogP contribution in [0.25, 0.3) is 0 Å². The van der Waals surface area contributed by atoms with E-state index in [-0.39, 0.29) is 27.8 Å². The van der Waals surface area contributed by atoms with E-state index >= 15 is 0 Å². The fourth-order valence-electron chi connectivity index (χ4n) is 4.16. The van der Waals surface area contributed by atoms with E-state index in [1.807, 2.05) is 79.5 Å². The van der Waals surface area contributed by atoms with Crippen molar-refractivity contribution in [1.29, 1.82) is 0 Å². The molecule has 2 aliphatic rings. The summed E-state index contributed by atoms with van der Waals surface area (Å²) in [5.74, 6) is 2.72. The van der Waals surface area contributed by atoms with Crippen LogP contribution in [0.1, 0.15) is 0 Å². The van der Waals surface area contributed by atoms with E-state index < -0.39 is 0 Å². The molecule has 3 aromatic carbocycles. The van der Waals surface area contributed by atoms with Crippen molar-refractivity contribution in [2.24, 2.45) is 0 Å². The Bertz CT molecular complexity index is 1350. The van der Waals surface area contributed by atoms with E-state index in [0.29, 0.717) is 11.6 Å². The van der Waals surface area contributed by atoms with Crippen molar-refractivity contribution in [2.75, 3.05) is 11.9 Å². The van der Waals surface area contributed by atoms with Crippen LogP contribution in [0.4, 0.5) is 5.69 Å². The number of pyridine rings is 1. The van der Waals surface area contributed by atoms with E-state index in [9.17, 15) is 0 Å². The van der Waals surface area contributed by atoms with Crippen molar-refractivity contribution in [1.82, 2.24) is 9.88 Å². The second kappa shape index (κ2) is 9.40. The summed E-state index contributed by atoms with van der Waals surface area (Å²) < 4.78 is 12.2. The molecule has 1 aromatic heterocycles. The van der Waals surface area contributed by atoms with Gasteiger partial charge >= 0.3 is 0 Å². The molecular formula is C27H19BN3O2Pt-3. The third kappa shape index (κ3) is 4.22. The van der Waals surface area contributed by atoms with Crippen molar-refractivity contribution < 1.29 is 30.5 Å². The Kier molecular flexibility index (Phi) is 6.16. The first-order chi connectivity index (χ1) is 16.2. The molecule has 0 atom stereocenters. The minimum Gasteiger partial charge on any atom is -0.518 e. The molecule has 2 aliphatic heterocycles. The largest absolute Gasteiger partial charge is 0.518 e. The van der Waals surface area contributed by atoms with Crippen molar-refractivity contribution in [3.63, 3.8) is 0 Å². The maximum Gasteiger partial charge on any atom is 0.216 e. The first-order valence-electron chi connectivity index (χ1n) is 10.7. The monoisotopic (exact) mass is 623 g/mol. The number of ether oxygens (including phenoxy) is 2. The van der Waals surface area contributed by atoms with E-state index in [1.54, 1.807) is 6.20 Å². The molecule has 0 fully saturated rings. The van der Waals surface area contributed by atoms with Crippen LogP contribution in [-0.2, 0) is 21.1 Å². The van der Waals surface area contributed by atoms with Crippen LogP contribution in [0.3, 0.4) is 0 Å². The van der Waals surface area contributed by atoms with Gasteiger partial charge in [0.1, 0.15) is 5.75 Å². The maximum atomic E-state index is 6.23. The second-order valence-corrected chi connectivity index (χ2v) is 7.92.